The van der Waals surface area contributed by atoms with Gasteiger partial charge in [0, 0.05) is 39.5 Å². The maximum Gasteiger partial charge on any atom is 0.0593 e. The molecular weight excluding hydrogens is 240 g/mol. The number of nitrogens with one attached hydrogen (secondary N) is 1. The topological polar surface area (TPSA) is 33.7 Å². The molecule has 1 atom stereocenters. The Balaban J connectivity index is 2.09. The fourth-order valence-corrected chi connectivity index (χ4v) is 2.50. The van der Waals surface area contributed by atoms with Crippen molar-refractivity contribution in [2.75, 3.05) is 53.1 Å². The second-order valence-corrected chi connectivity index (χ2v) is 5.41. The maximum absolute atomic E-state index is 5.67. The van der Waals surface area contributed by atoms with Crippen molar-refractivity contribution in [1.82, 2.24) is 10.2 Å². The highest BCUT2D eigenvalue weighted by Gasteiger charge is 2.17. The van der Waals surface area contributed by atoms with Crippen LogP contribution in [0, 0.1) is 0 Å². The molecule has 1 saturated heterocycles. The van der Waals surface area contributed by atoms with E-state index in [9.17, 15) is 0 Å². The van der Waals surface area contributed by atoms with E-state index in [1.807, 2.05) is 0 Å². The maximum atomic E-state index is 5.67. The van der Waals surface area contributed by atoms with Gasteiger partial charge in [-0.2, -0.15) is 0 Å². The van der Waals surface area contributed by atoms with E-state index >= 15 is 0 Å². The van der Waals surface area contributed by atoms with Crippen molar-refractivity contribution in [3.05, 3.63) is 0 Å². The van der Waals surface area contributed by atoms with Gasteiger partial charge in [-0.3, -0.25) is 4.90 Å². The van der Waals surface area contributed by atoms with Gasteiger partial charge in [0.2, 0.25) is 0 Å². The minimum absolute atomic E-state index is 0.699. The van der Waals surface area contributed by atoms with Crippen LogP contribution in [0.4, 0.5) is 0 Å². The predicted molar refractivity (Wildman–Crippen MR) is 79.7 cm³/mol. The van der Waals surface area contributed by atoms with E-state index in [4.69, 9.17) is 9.47 Å². The molecule has 1 heterocycles. The number of ether oxygens (including phenoxy) is 2. The molecule has 4 nitrogen and oxygen atoms in total. The van der Waals surface area contributed by atoms with Gasteiger partial charge in [-0.05, 0) is 38.8 Å². The van der Waals surface area contributed by atoms with E-state index in [0.29, 0.717) is 6.04 Å². The first kappa shape index (κ1) is 16.9. The first-order valence-corrected chi connectivity index (χ1v) is 7.89. The Labute approximate surface area is 118 Å². The number of unbranched alkanes of at least 4 members (excludes halogenated alkanes) is 1. The molecule has 0 saturated carbocycles. The number of nitrogens with zero attached hydrogens (tertiary/aromatic N) is 1. The molecule has 1 aliphatic rings. The molecule has 0 aliphatic carbocycles. The third kappa shape index (κ3) is 8.58. The van der Waals surface area contributed by atoms with Gasteiger partial charge >= 0.3 is 0 Å². The Kier molecular flexibility index (Phi) is 10.4. The Morgan fingerprint density at radius 2 is 2.05 bits per heavy atom. The standard InChI is InChI=1S/C15H32N2O2/c1-3-4-9-17(14-15-7-5-8-16-15)10-13-19-12-6-11-18-2/h15-16H,3-14H2,1-2H3. The predicted octanol–water partition coefficient (Wildman–Crippen LogP) is 1.89. The molecule has 1 unspecified atom stereocenters. The summed E-state index contributed by atoms with van der Waals surface area (Å²) in [5.41, 5.74) is 0. The average molecular weight is 272 g/mol. The van der Waals surface area contributed by atoms with E-state index < -0.39 is 0 Å². The molecular formula is C15H32N2O2. The fraction of sp³-hybridized carbons (Fsp3) is 1.00. The van der Waals surface area contributed by atoms with Crippen molar-refractivity contribution in [1.29, 1.82) is 0 Å². The quantitative estimate of drug-likeness (QED) is 0.550. The van der Waals surface area contributed by atoms with E-state index in [-0.39, 0.29) is 0 Å². The molecule has 1 fully saturated rings. The molecule has 4 heteroatoms. The number of hydrogen-bond donors (Lipinski definition) is 1. The molecule has 0 bridgehead atoms. The summed E-state index contributed by atoms with van der Waals surface area (Å²) in [5, 5.41) is 3.58. The first-order valence-electron chi connectivity index (χ1n) is 7.89. The third-order valence-electron chi connectivity index (χ3n) is 3.66. The van der Waals surface area contributed by atoms with Crippen LogP contribution in [-0.4, -0.2) is 64.1 Å². The molecule has 1 aliphatic heterocycles. The first-order chi connectivity index (χ1) is 9.36. The molecule has 1 rings (SSSR count). The van der Waals surface area contributed by atoms with Crippen LogP contribution in [0.5, 0.6) is 0 Å². The summed E-state index contributed by atoms with van der Waals surface area (Å²) in [5.74, 6) is 0. The molecule has 1 N–H and O–H groups in total. The molecule has 0 spiro atoms. The summed E-state index contributed by atoms with van der Waals surface area (Å²) < 4.78 is 10.7. The van der Waals surface area contributed by atoms with Crippen molar-refractivity contribution >= 4 is 0 Å². The third-order valence-corrected chi connectivity index (χ3v) is 3.66. The van der Waals surface area contributed by atoms with Crippen LogP contribution in [0.15, 0.2) is 0 Å². The second-order valence-electron chi connectivity index (χ2n) is 5.41. The highest BCUT2D eigenvalue weighted by molar-refractivity contribution is 4.77. The summed E-state index contributed by atoms with van der Waals surface area (Å²) in [6.07, 6.45) is 6.21. The van der Waals surface area contributed by atoms with E-state index in [2.05, 4.69) is 17.1 Å². The van der Waals surface area contributed by atoms with Crippen LogP contribution in [0.3, 0.4) is 0 Å². The summed E-state index contributed by atoms with van der Waals surface area (Å²) in [6.45, 7) is 9.36. The molecule has 19 heavy (non-hydrogen) atoms. The van der Waals surface area contributed by atoms with Crippen molar-refractivity contribution in [3.8, 4) is 0 Å². The smallest absolute Gasteiger partial charge is 0.0593 e. The average Bonchev–Trinajstić information content (AvgIpc) is 2.92. The van der Waals surface area contributed by atoms with Crippen molar-refractivity contribution in [3.63, 3.8) is 0 Å². The van der Waals surface area contributed by atoms with E-state index in [1.165, 1.54) is 45.3 Å². The van der Waals surface area contributed by atoms with Gasteiger partial charge < -0.3 is 14.8 Å². The Hall–Kier alpha value is -0.160. The number of hydrogen-bond acceptors (Lipinski definition) is 4. The van der Waals surface area contributed by atoms with Crippen molar-refractivity contribution in [2.45, 2.75) is 45.1 Å². The van der Waals surface area contributed by atoms with E-state index in [1.54, 1.807) is 7.11 Å². The largest absolute Gasteiger partial charge is 0.385 e. The van der Waals surface area contributed by atoms with Crippen LogP contribution in [0.1, 0.15) is 39.0 Å². The van der Waals surface area contributed by atoms with Gasteiger partial charge in [-0.1, -0.05) is 13.3 Å². The Bertz CT molecular complexity index is 197. The lowest BCUT2D eigenvalue weighted by atomic mass is 10.2. The van der Waals surface area contributed by atoms with Gasteiger partial charge in [0.25, 0.3) is 0 Å². The van der Waals surface area contributed by atoms with Gasteiger partial charge in [0.15, 0.2) is 0 Å². The monoisotopic (exact) mass is 272 g/mol. The minimum Gasteiger partial charge on any atom is -0.385 e. The van der Waals surface area contributed by atoms with Crippen molar-refractivity contribution < 1.29 is 9.47 Å². The summed E-state index contributed by atoms with van der Waals surface area (Å²) in [7, 11) is 1.74. The normalized spacial score (nSPS) is 19.4. The zero-order valence-corrected chi connectivity index (χ0v) is 12.8. The van der Waals surface area contributed by atoms with Gasteiger partial charge in [0.05, 0.1) is 6.61 Å². The zero-order chi connectivity index (χ0) is 13.8. The van der Waals surface area contributed by atoms with Crippen LogP contribution in [-0.2, 0) is 9.47 Å². The number of rotatable bonds is 12. The lowest BCUT2D eigenvalue weighted by Gasteiger charge is -2.25. The second kappa shape index (κ2) is 11.6. The van der Waals surface area contributed by atoms with Crippen LogP contribution in [0.25, 0.3) is 0 Å². The Morgan fingerprint density at radius 3 is 2.74 bits per heavy atom. The van der Waals surface area contributed by atoms with Gasteiger partial charge in [-0.15, -0.1) is 0 Å². The SMILES string of the molecule is CCCCN(CCOCCCOC)CC1CCCN1. The summed E-state index contributed by atoms with van der Waals surface area (Å²) in [4.78, 5) is 2.56. The summed E-state index contributed by atoms with van der Waals surface area (Å²) >= 11 is 0. The fourth-order valence-electron chi connectivity index (χ4n) is 2.50. The lowest BCUT2D eigenvalue weighted by molar-refractivity contribution is 0.0814. The molecule has 0 aromatic carbocycles. The number of methoxy groups -OCH3 is 1. The van der Waals surface area contributed by atoms with E-state index in [0.717, 1.165) is 32.8 Å². The Morgan fingerprint density at radius 1 is 1.16 bits per heavy atom. The molecule has 0 amide bonds. The highest BCUT2D eigenvalue weighted by atomic mass is 16.5. The van der Waals surface area contributed by atoms with Gasteiger partial charge in [0.1, 0.15) is 0 Å². The molecule has 114 valence electrons. The minimum atomic E-state index is 0.699. The van der Waals surface area contributed by atoms with Crippen LogP contribution < -0.4 is 5.32 Å². The molecule has 0 radical (unpaired) electrons. The lowest BCUT2D eigenvalue weighted by Crippen LogP contribution is -2.39. The highest BCUT2D eigenvalue weighted by Crippen LogP contribution is 2.07. The summed E-state index contributed by atoms with van der Waals surface area (Å²) in [6, 6.07) is 0.699. The van der Waals surface area contributed by atoms with Crippen LogP contribution in [0.2, 0.25) is 0 Å². The van der Waals surface area contributed by atoms with Crippen LogP contribution >= 0.6 is 0 Å². The van der Waals surface area contributed by atoms with Crippen molar-refractivity contribution in [2.24, 2.45) is 0 Å². The van der Waals surface area contributed by atoms with Gasteiger partial charge in [-0.25, -0.2) is 0 Å². The zero-order valence-electron chi connectivity index (χ0n) is 12.8. The molecule has 0 aromatic rings. The molecule has 0 aromatic heterocycles.